The number of ether oxygens (including phenoxy) is 3. The predicted molar refractivity (Wildman–Crippen MR) is 152 cm³/mol. The van der Waals surface area contributed by atoms with Crippen LogP contribution in [0.15, 0.2) is 91.5 Å². The van der Waals surface area contributed by atoms with Crippen molar-refractivity contribution in [3.05, 3.63) is 97.1 Å². The summed E-state index contributed by atoms with van der Waals surface area (Å²) in [6, 6.07) is 21.7. The third kappa shape index (κ3) is 4.18. The van der Waals surface area contributed by atoms with Crippen LogP contribution in [-0.4, -0.2) is 41.9 Å². The molecule has 0 fully saturated rings. The quantitative estimate of drug-likeness (QED) is 0.266. The van der Waals surface area contributed by atoms with Crippen LogP contribution in [0.4, 0.5) is 0 Å². The van der Waals surface area contributed by atoms with E-state index in [0.29, 0.717) is 35.1 Å². The second-order valence-electron chi connectivity index (χ2n) is 9.59. The molecule has 2 aromatic carbocycles. The number of pyridine rings is 3. The summed E-state index contributed by atoms with van der Waals surface area (Å²) in [5.41, 5.74) is 8.12. The van der Waals surface area contributed by atoms with Gasteiger partial charge >= 0.3 is 0 Å². The lowest BCUT2D eigenvalue weighted by molar-refractivity contribution is 0.174. The van der Waals surface area contributed by atoms with E-state index in [0.717, 1.165) is 50.2 Å². The summed E-state index contributed by atoms with van der Waals surface area (Å²) >= 11 is 0. The van der Waals surface area contributed by atoms with Crippen LogP contribution in [0.3, 0.4) is 0 Å². The van der Waals surface area contributed by atoms with Gasteiger partial charge in [-0.3, -0.25) is 15.1 Å². The molecule has 10 nitrogen and oxygen atoms in total. The van der Waals surface area contributed by atoms with Crippen molar-refractivity contribution in [2.45, 2.75) is 6.61 Å². The van der Waals surface area contributed by atoms with Crippen LogP contribution < -0.4 is 14.2 Å². The first-order chi connectivity index (χ1) is 20.3. The maximum atomic E-state index is 5.98. The van der Waals surface area contributed by atoms with Crippen LogP contribution in [-0.2, 0) is 6.61 Å². The molecule has 0 saturated heterocycles. The van der Waals surface area contributed by atoms with Crippen molar-refractivity contribution >= 4 is 22.1 Å². The summed E-state index contributed by atoms with van der Waals surface area (Å²) in [6.45, 7) is 0.676. The zero-order valence-electron chi connectivity index (χ0n) is 21.5. The Morgan fingerprint density at radius 2 is 1.66 bits per heavy atom. The minimum absolute atomic E-state index is 0.218. The van der Waals surface area contributed by atoms with E-state index in [4.69, 9.17) is 24.2 Å². The van der Waals surface area contributed by atoms with Gasteiger partial charge in [-0.15, -0.1) is 0 Å². The topological polar surface area (TPSA) is 124 Å². The molecule has 0 bridgehead atoms. The molecule has 0 unspecified atom stereocenters. The van der Waals surface area contributed by atoms with Crippen LogP contribution in [0.5, 0.6) is 17.2 Å². The molecule has 1 aliphatic heterocycles. The SMILES string of the molecule is c1ccc(COc2cncc(-c3ccc4[nH]nc(-c5nc6c(-c7ccc8c(c7)OCO8)cncc6[nH]5)c4n3)c2)cc1. The molecule has 41 heavy (non-hydrogen) atoms. The summed E-state index contributed by atoms with van der Waals surface area (Å²) in [6.07, 6.45) is 7.02. The molecule has 8 rings (SSSR count). The fourth-order valence-corrected chi connectivity index (χ4v) is 4.92. The summed E-state index contributed by atoms with van der Waals surface area (Å²) in [5.74, 6) is 2.68. The standard InChI is InChI=1S/C31H21N7O3/c1-2-4-18(5-3-1)16-39-21-10-20(12-32-13-21)23-7-8-24-29(34-23)30(38-37-24)31-35-25-15-33-14-22(28(25)36-31)19-6-9-26-27(11-19)41-17-40-26/h1-15H,16-17H2,(H,35,36)(H,37,38). The molecular weight excluding hydrogens is 518 g/mol. The lowest BCUT2D eigenvalue weighted by atomic mass is 10.1. The van der Waals surface area contributed by atoms with Crippen molar-refractivity contribution in [1.29, 1.82) is 0 Å². The maximum absolute atomic E-state index is 5.98. The van der Waals surface area contributed by atoms with Gasteiger partial charge < -0.3 is 19.2 Å². The van der Waals surface area contributed by atoms with E-state index in [2.05, 4.69) is 25.1 Å². The smallest absolute Gasteiger partial charge is 0.231 e. The highest BCUT2D eigenvalue weighted by molar-refractivity contribution is 5.96. The van der Waals surface area contributed by atoms with Crippen molar-refractivity contribution < 1.29 is 14.2 Å². The zero-order valence-corrected chi connectivity index (χ0v) is 21.5. The van der Waals surface area contributed by atoms with Gasteiger partial charge in [-0.05, 0) is 41.5 Å². The minimum Gasteiger partial charge on any atom is -0.487 e. The number of nitrogens with one attached hydrogen (secondary N) is 2. The number of nitrogens with zero attached hydrogens (tertiary/aromatic N) is 5. The molecule has 0 radical (unpaired) electrons. The van der Waals surface area contributed by atoms with Gasteiger partial charge in [-0.25, -0.2) is 9.97 Å². The minimum atomic E-state index is 0.218. The summed E-state index contributed by atoms with van der Waals surface area (Å²) in [7, 11) is 0. The van der Waals surface area contributed by atoms with E-state index in [1.165, 1.54) is 0 Å². The van der Waals surface area contributed by atoms with Crippen LogP contribution in [0, 0.1) is 0 Å². The summed E-state index contributed by atoms with van der Waals surface area (Å²) < 4.78 is 17.0. The van der Waals surface area contributed by atoms with Gasteiger partial charge in [0, 0.05) is 23.5 Å². The van der Waals surface area contributed by atoms with Crippen molar-refractivity contribution in [3.63, 3.8) is 0 Å². The van der Waals surface area contributed by atoms with E-state index in [-0.39, 0.29) is 6.79 Å². The van der Waals surface area contributed by atoms with Gasteiger partial charge in [0.05, 0.1) is 34.6 Å². The first-order valence-electron chi connectivity index (χ1n) is 13.0. The second kappa shape index (κ2) is 9.45. The van der Waals surface area contributed by atoms with Crippen LogP contribution in [0.2, 0.25) is 0 Å². The van der Waals surface area contributed by atoms with E-state index >= 15 is 0 Å². The van der Waals surface area contributed by atoms with Crippen LogP contribution >= 0.6 is 0 Å². The Balaban J connectivity index is 1.14. The van der Waals surface area contributed by atoms with Gasteiger partial charge in [0.25, 0.3) is 0 Å². The molecule has 2 N–H and O–H groups in total. The van der Waals surface area contributed by atoms with Crippen molar-refractivity contribution in [3.8, 4) is 51.2 Å². The predicted octanol–water partition coefficient (Wildman–Crippen LogP) is 5.93. The van der Waals surface area contributed by atoms with Gasteiger partial charge in [0.15, 0.2) is 23.0 Å². The molecule has 0 atom stereocenters. The number of hydrogen-bond donors (Lipinski definition) is 2. The third-order valence-corrected chi connectivity index (χ3v) is 6.97. The molecule has 0 aliphatic carbocycles. The monoisotopic (exact) mass is 539 g/mol. The molecule has 198 valence electrons. The number of aromatic nitrogens is 7. The van der Waals surface area contributed by atoms with E-state index < -0.39 is 0 Å². The Hall–Kier alpha value is -5.77. The number of hydrogen-bond acceptors (Lipinski definition) is 8. The fraction of sp³-hybridized carbons (Fsp3) is 0.0645. The molecule has 1 aliphatic rings. The van der Waals surface area contributed by atoms with E-state index in [9.17, 15) is 0 Å². The van der Waals surface area contributed by atoms with Gasteiger partial charge in [-0.1, -0.05) is 36.4 Å². The molecule has 0 spiro atoms. The molecule has 10 heteroatoms. The first kappa shape index (κ1) is 23.1. The van der Waals surface area contributed by atoms with Gasteiger partial charge in [0.1, 0.15) is 17.9 Å². The Bertz CT molecular complexity index is 2050. The lowest BCUT2D eigenvalue weighted by Crippen LogP contribution is -1.96. The number of benzene rings is 2. The summed E-state index contributed by atoms with van der Waals surface area (Å²) in [5, 5.41) is 7.62. The Kier molecular flexibility index (Phi) is 5.34. The zero-order chi connectivity index (χ0) is 27.2. The molecular formula is C31H21N7O3. The maximum Gasteiger partial charge on any atom is 0.231 e. The second-order valence-corrected chi connectivity index (χ2v) is 9.59. The van der Waals surface area contributed by atoms with Crippen molar-refractivity contribution in [2.24, 2.45) is 0 Å². The average molecular weight is 540 g/mol. The number of aromatic amines is 2. The fourth-order valence-electron chi connectivity index (χ4n) is 4.92. The Morgan fingerprint density at radius 3 is 2.61 bits per heavy atom. The van der Waals surface area contributed by atoms with Crippen molar-refractivity contribution in [1.82, 2.24) is 35.1 Å². The van der Waals surface area contributed by atoms with E-state index in [1.807, 2.05) is 66.7 Å². The lowest BCUT2D eigenvalue weighted by Gasteiger charge is -2.08. The number of H-pyrrole nitrogens is 2. The first-order valence-corrected chi connectivity index (χ1v) is 13.0. The van der Waals surface area contributed by atoms with Crippen LogP contribution in [0.25, 0.3) is 56.0 Å². The average Bonchev–Trinajstić information content (AvgIpc) is 3.78. The molecule has 0 amide bonds. The molecule has 7 aromatic rings. The highest BCUT2D eigenvalue weighted by Crippen LogP contribution is 2.38. The van der Waals surface area contributed by atoms with Crippen molar-refractivity contribution in [2.75, 3.05) is 6.79 Å². The molecule has 6 heterocycles. The number of fused-ring (bicyclic) bond motifs is 3. The highest BCUT2D eigenvalue weighted by Gasteiger charge is 2.19. The Labute approximate surface area is 233 Å². The summed E-state index contributed by atoms with van der Waals surface area (Å²) in [4.78, 5) is 22.0. The highest BCUT2D eigenvalue weighted by atomic mass is 16.7. The van der Waals surface area contributed by atoms with Gasteiger partial charge in [0.2, 0.25) is 6.79 Å². The molecule has 0 saturated carbocycles. The largest absolute Gasteiger partial charge is 0.487 e. The van der Waals surface area contributed by atoms with Crippen LogP contribution in [0.1, 0.15) is 5.56 Å². The molecule has 5 aromatic heterocycles. The van der Waals surface area contributed by atoms with Gasteiger partial charge in [-0.2, -0.15) is 5.10 Å². The number of rotatable bonds is 6. The van der Waals surface area contributed by atoms with E-state index in [1.54, 1.807) is 24.8 Å². The Morgan fingerprint density at radius 1 is 0.756 bits per heavy atom. The normalized spacial score (nSPS) is 12.3. The third-order valence-electron chi connectivity index (χ3n) is 6.97. The number of imidazole rings is 1.